The summed E-state index contributed by atoms with van der Waals surface area (Å²) in [5.74, 6) is 0.266. The number of hydrogen-bond donors (Lipinski definition) is 3. The van der Waals surface area contributed by atoms with E-state index >= 15 is 0 Å². The molecule has 3 N–H and O–H groups in total. The third kappa shape index (κ3) is 4.06. The Morgan fingerprint density at radius 2 is 1.81 bits per heavy atom. The molecule has 0 saturated heterocycles. The van der Waals surface area contributed by atoms with Gasteiger partial charge in [-0.2, -0.15) is 0 Å². The SMILES string of the molecule is CCC(NC(CO)c1ccccc1)c1cc(Br)ccc1O. The van der Waals surface area contributed by atoms with Crippen LogP contribution in [0.2, 0.25) is 0 Å². The molecule has 2 aromatic carbocycles. The Labute approximate surface area is 133 Å². The first-order valence-electron chi connectivity index (χ1n) is 7.06. The second-order valence-corrected chi connectivity index (χ2v) is 5.89. The molecule has 112 valence electrons. The summed E-state index contributed by atoms with van der Waals surface area (Å²) in [5.41, 5.74) is 1.87. The van der Waals surface area contributed by atoms with Gasteiger partial charge in [0.25, 0.3) is 0 Å². The summed E-state index contributed by atoms with van der Waals surface area (Å²) in [7, 11) is 0. The molecule has 2 unspecified atom stereocenters. The van der Waals surface area contributed by atoms with Gasteiger partial charge in [0, 0.05) is 16.1 Å². The maximum absolute atomic E-state index is 10.1. The summed E-state index contributed by atoms with van der Waals surface area (Å²) in [6, 6.07) is 15.1. The normalized spacial score (nSPS) is 13.9. The van der Waals surface area contributed by atoms with E-state index < -0.39 is 0 Å². The van der Waals surface area contributed by atoms with E-state index in [2.05, 4.69) is 28.2 Å². The van der Waals surface area contributed by atoms with Crippen molar-refractivity contribution in [3.63, 3.8) is 0 Å². The Balaban J connectivity index is 2.23. The van der Waals surface area contributed by atoms with Gasteiger partial charge in [-0.3, -0.25) is 0 Å². The van der Waals surface area contributed by atoms with Crippen LogP contribution >= 0.6 is 15.9 Å². The highest BCUT2D eigenvalue weighted by Gasteiger charge is 2.19. The molecule has 0 aliphatic heterocycles. The topological polar surface area (TPSA) is 52.5 Å². The Hall–Kier alpha value is -1.36. The molecule has 0 bridgehead atoms. The fraction of sp³-hybridized carbons (Fsp3) is 0.294. The van der Waals surface area contributed by atoms with Gasteiger partial charge in [0.15, 0.2) is 0 Å². The van der Waals surface area contributed by atoms with Gasteiger partial charge in [-0.1, -0.05) is 53.2 Å². The fourth-order valence-corrected chi connectivity index (χ4v) is 2.79. The molecular formula is C17H20BrNO2. The van der Waals surface area contributed by atoms with Crippen molar-refractivity contribution in [1.82, 2.24) is 5.32 Å². The van der Waals surface area contributed by atoms with Crippen LogP contribution in [0.25, 0.3) is 0 Å². The van der Waals surface area contributed by atoms with Crippen molar-refractivity contribution in [2.24, 2.45) is 0 Å². The standard InChI is InChI=1S/C17H20BrNO2/c1-2-15(14-10-13(18)8-9-17(14)21)19-16(11-20)12-6-4-3-5-7-12/h3-10,15-16,19-21H,2,11H2,1H3. The monoisotopic (exact) mass is 349 g/mol. The molecule has 0 heterocycles. The van der Waals surface area contributed by atoms with Crippen molar-refractivity contribution in [2.45, 2.75) is 25.4 Å². The average molecular weight is 350 g/mol. The summed E-state index contributed by atoms with van der Waals surface area (Å²) < 4.78 is 0.927. The zero-order valence-electron chi connectivity index (χ0n) is 12.0. The predicted molar refractivity (Wildman–Crippen MR) is 88.2 cm³/mol. The van der Waals surface area contributed by atoms with Crippen molar-refractivity contribution in [1.29, 1.82) is 0 Å². The van der Waals surface area contributed by atoms with Crippen LogP contribution in [-0.2, 0) is 0 Å². The minimum atomic E-state index is -0.158. The lowest BCUT2D eigenvalue weighted by molar-refractivity contribution is 0.231. The Morgan fingerprint density at radius 1 is 1.10 bits per heavy atom. The summed E-state index contributed by atoms with van der Waals surface area (Å²) in [4.78, 5) is 0. The van der Waals surface area contributed by atoms with E-state index in [0.717, 1.165) is 22.0 Å². The number of hydrogen-bond acceptors (Lipinski definition) is 3. The van der Waals surface area contributed by atoms with Gasteiger partial charge in [0.1, 0.15) is 5.75 Å². The smallest absolute Gasteiger partial charge is 0.120 e. The second kappa shape index (κ2) is 7.59. The van der Waals surface area contributed by atoms with Gasteiger partial charge >= 0.3 is 0 Å². The molecule has 0 spiro atoms. The highest BCUT2D eigenvalue weighted by atomic mass is 79.9. The molecule has 0 fully saturated rings. The van der Waals surface area contributed by atoms with E-state index in [1.165, 1.54) is 0 Å². The predicted octanol–water partition coefficient (Wildman–Crippen LogP) is 3.93. The van der Waals surface area contributed by atoms with Crippen molar-refractivity contribution in [2.75, 3.05) is 6.61 Å². The van der Waals surface area contributed by atoms with Gasteiger partial charge in [-0.25, -0.2) is 0 Å². The van der Waals surface area contributed by atoms with Gasteiger partial charge in [0.2, 0.25) is 0 Å². The molecular weight excluding hydrogens is 330 g/mol. The molecule has 0 aromatic heterocycles. The number of phenolic OH excluding ortho intramolecular Hbond substituents is 1. The number of aliphatic hydroxyl groups is 1. The van der Waals surface area contributed by atoms with Gasteiger partial charge in [-0.15, -0.1) is 0 Å². The quantitative estimate of drug-likeness (QED) is 0.740. The first-order valence-corrected chi connectivity index (χ1v) is 7.85. The number of aromatic hydroxyl groups is 1. The third-order valence-electron chi connectivity index (χ3n) is 3.56. The van der Waals surface area contributed by atoms with Gasteiger partial charge in [-0.05, 0) is 30.2 Å². The highest BCUT2D eigenvalue weighted by molar-refractivity contribution is 9.10. The summed E-state index contributed by atoms with van der Waals surface area (Å²) >= 11 is 3.43. The van der Waals surface area contributed by atoms with E-state index in [1.807, 2.05) is 42.5 Å². The lowest BCUT2D eigenvalue weighted by Gasteiger charge is -2.25. The number of benzene rings is 2. The molecule has 2 aromatic rings. The Morgan fingerprint density at radius 3 is 2.43 bits per heavy atom. The Bertz CT molecular complexity index is 574. The first kappa shape index (κ1) is 16.0. The molecule has 2 rings (SSSR count). The fourth-order valence-electron chi connectivity index (χ4n) is 2.41. The number of rotatable bonds is 6. The highest BCUT2D eigenvalue weighted by Crippen LogP contribution is 2.31. The van der Waals surface area contributed by atoms with Crippen molar-refractivity contribution < 1.29 is 10.2 Å². The van der Waals surface area contributed by atoms with Crippen molar-refractivity contribution >= 4 is 15.9 Å². The maximum Gasteiger partial charge on any atom is 0.120 e. The summed E-state index contributed by atoms with van der Waals surface area (Å²) in [6.07, 6.45) is 0.813. The lowest BCUT2D eigenvalue weighted by Crippen LogP contribution is -2.28. The molecule has 21 heavy (non-hydrogen) atoms. The molecule has 0 saturated carbocycles. The van der Waals surface area contributed by atoms with Crippen LogP contribution in [0, 0.1) is 0 Å². The summed E-state index contributed by atoms with van der Waals surface area (Å²) in [6.45, 7) is 2.06. The molecule has 0 aliphatic carbocycles. The van der Waals surface area contributed by atoms with Crippen molar-refractivity contribution in [3.8, 4) is 5.75 Å². The largest absolute Gasteiger partial charge is 0.508 e. The van der Waals surface area contributed by atoms with Crippen molar-refractivity contribution in [3.05, 3.63) is 64.1 Å². The minimum absolute atomic E-state index is 0.00920. The van der Waals surface area contributed by atoms with E-state index in [9.17, 15) is 10.2 Å². The summed E-state index contributed by atoms with van der Waals surface area (Å²) in [5, 5.41) is 23.2. The second-order valence-electron chi connectivity index (χ2n) is 4.98. The maximum atomic E-state index is 10.1. The zero-order chi connectivity index (χ0) is 15.2. The average Bonchev–Trinajstić information content (AvgIpc) is 2.52. The van der Waals surface area contributed by atoms with E-state index in [0.29, 0.717) is 0 Å². The van der Waals surface area contributed by atoms with E-state index in [1.54, 1.807) is 6.07 Å². The van der Waals surface area contributed by atoms with Crippen LogP contribution in [0.4, 0.5) is 0 Å². The van der Waals surface area contributed by atoms with Crippen LogP contribution < -0.4 is 5.32 Å². The lowest BCUT2D eigenvalue weighted by atomic mass is 10.00. The van der Waals surface area contributed by atoms with Gasteiger partial charge < -0.3 is 15.5 Å². The number of nitrogens with one attached hydrogen (secondary N) is 1. The third-order valence-corrected chi connectivity index (χ3v) is 4.05. The molecule has 0 aliphatic rings. The molecule has 0 radical (unpaired) electrons. The number of halogens is 1. The Kier molecular flexibility index (Phi) is 5.79. The van der Waals surface area contributed by atoms with Crippen LogP contribution in [-0.4, -0.2) is 16.8 Å². The minimum Gasteiger partial charge on any atom is -0.508 e. The number of aliphatic hydroxyl groups excluding tert-OH is 1. The van der Waals surface area contributed by atoms with Crippen LogP contribution in [0.15, 0.2) is 53.0 Å². The number of phenols is 1. The molecule has 3 nitrogen and oxygen atoms in total. The molecule has 0 amide bonds. The van der Waals surface area contributed by atoms with Crippen LogP contribution in [0.5, 0.6) is 5.75 Å². The zero-order valence-corrected chi connectivity index (χ0v) is 13.5. The first-order chi connectivity index (χ1) is 10.2. The van der Waals surface area contributed by atoms with E-state index in [-0.39, 0.29) is 24.4 Å². The van der Waals surface area contributed by atoms with Gasteiger partial charge in [0.05, 0.1) is 12.6 Å². The van der Waals surface area contributed by atoms with Crippen LogP contribution in [0.3, 0.4) is 0 Å². The molecule has 4 heteroatoms. The molecule has 2 atom stereocenters. The van der Waals surface area contributed by atoms with Crippen LogP contribution in [0.1, 0.15) is 36.6 Å². The van der Waals surface area contributed by atoms with E-state index in [4.69, 9.17) is 0 Å².